The lowest BCUT2D eigenvalue weighted by Crippen LogP contribution is -2.12. The van der Waals surface area contributed by atoms with Crippen LogP contribution in [-0.4, -0.2) is 15.8 Å². The van der Waals surface area contributed by atoms with Crippen LogP contribution in [0.3, 0.4) is 0 Å². The summed E-state index contributed by atoms with van der Waals surface area (Å²) in [5, 5.41) is 7.73. The van der Waals surface area contributed by atoms with Gasteiger partial charge in [-0.25, -0.2) is 4.68 Å². The van der Waals surface area contributed by atoms with Gasteiger partial charge in [0.2, 0.25) is 0 Å². The van der Waals surface area contributed by atoms with E-state index >= 15 is 0 Å². The summed E-state index contributed by atoms with van der Waals surface area (Å²) >= 11 is 0. The molecular weight excluding hydrogens is 198 g/mol. The maximum Gasteiger partial charge on any atom is 0.0733 e. The number of para-hydroxylation sites is 1. The lowest BCUT2D eigenvalue weighted by Gasteiger charge is -2.09. The molecule has 2 aromatic rings. The van der Waals surface area contributed by atoms with Crippen LogP contribution in [0.15, 0.2) is 42.7 Å². The molecule has 1 N–H and O–H groups in total. The standard InChI is InChI=1S/C13H17N3/c1-3-11(2)15-12-9-14-16(10-12)13-7-5-4-6-8-13/h4-11,15H,3H2,1-2H3. The molecule has 1 heterocycles. The highest BCUT2D eigenvalue weighted by Crippen LogP contribution is 2.12. The molecule has 3 nitrogen and oxygen atoms in total. The Hall–Kier alpha value is -1.77. The molecule has 0 aliphatic rings. The van der Waals surface area contributed by atoms with Gasteiger partial charge in [-0.05, 0) is 25.5 Å². The fourth-order valence-electron chi connectivity index (χ4n) is 1.51. The first-order valence-corrected chi connectivity index (χ1v) is 5.66. The van der Waals surface area contributed by atoms with Crippen LogP contribution in [0.2, 0.25) is 0 Å². The van der Waals surface area contributed by atoms with E-state index in [4.69, 9.17) is 0 Å². The van der Waals surface area contributed by atoms with Crippen LogP contribution in [0.5, 0.6) is 0 Å². The number of aromatic nitrogens is 2. The summed E-state index contributed by atoms with van der Waals surface area (Å²) in [6, 6.07) is 10.6. The van der Waals surface area contributed by atoms with Crippen molar-refractivity contribution in [3.8, 4) is 5.69 Å². The molecule has 84 valence electrons. The first kappa shape index (κ1) is 10.7. The molecule has 1 atom stereocenters. The van der Waals surface area contributed by atoms with E-state index in [9.17, 15) is 0 Å². The summed E-state index contributed by atoms with van der Waals surface area (Å²) in [6.45, 7) is 4.33. The molecule has 0 aliphatic carbocycles. The summed E-state index contributed by atoms with van der Waals surface area (Å²) < 4.78 is 1.88. The molecule has 0 radical (unpaired) electrons. The van der Waals surface area contributed by atoms with Gasteiger partial charge in [0.15, 0.2) is 0 Å². The molecule has 16 heavy (non-hydrogen) atoms. The lowest BCUT2D eigenvalue weighted by atomic mass is 10.2. The van der Waals surface area contributed by atoms with E-state index in [1.165, 1.54) is 0 Å². The zero-order chi connectivity index (χ0) is 11.4. The van der Waals surface area contributed by atoms with Gasteiger partial charge in [-0.15, -0.1) is 0 Å². The maximum atomic E-state index is 4.33. The van der Waals surface area contributed by atoms with Crippen molar-refractivity contribution in [1.29, 1.82) is 0 Å². The molecule has 0 saturated carbocycles. The van der Waals surface area contributed by atoms with E-state index in [1.807, 2.05) is 47.4 Å². The highest BCUT2D eigenvalue weighted by molar-refractivity contribution is 5.42. The van der Waals surface area contributed by atoms with Gasteiger partial charge in [-0.1, -0.05) is 25.1 Å². The highest BCUT2D eigenvalue weighted by Gasteiger charge is 2.02. The molecule has 0 spiro atoms. The second kappa shape index (κ2) is 4.84. The molecule has 1 unspecified atom stereocenters. The molecule has 3 heteroatoms. The second-order valence-corrected chi connectivity index (χ2v) is 3.96. The van der Waals surface area contributed by atoms with Crippen molar-refractivity contribution >= 4 is 5.69 Å². The smallest absolute Gasteiger partial charge is 0.0733 e. The van der Waals surface area contributed by atoms with Crippen LogP contribution in [0.1, 0.15) is 20.3 Å². The Balaban J connectivity index is 2.14. The molecule has 0 aliphatic heterocycles. The van der Waals surface area contributed by atoms with Crippen LogP contribution in [0.4, 0.5) is 5.69 Å². The number of benzene rings is 1. The second-order valence-electron chi connectivity index (χ2n) is 3.96. The number of nitrogens with zero attached hydrogens (tertiary/aromatic N) is 2. The monoisotopic (exact) mass is 215 g/mol. The first-order valence-electron chi connectivity index (χ1n) is 5.66. The third-order valence-electron chi connectivity index (χ3n) is 2.63. The number of hydrogen-bond donors (Lipinski definition) is 1. The zero-order valence-corrected chi connectivity index (χ0v) is 9.72. The minimum Gasteiger partial charge on any atom is -0.380 e. The molecular formula is C13H17N3. The van der Waals surface area contributed by atoms with Gasteiger partial charge in [0.05, 0.1) is 23.8 Å². The van der Waals surface area contributed by atoms with Crippen LogP contribution >= 0.6 is 0 Å². The van der Waals surface area contributed by atoms with Crippen molar-refractivity contribution in [2.75, 3.05) is 5.32 Å². The Bertz CT molecular complexity index is 433. The Morgan fingerprint density at radius 1 is 1.31 bits per heavy atom. The van der Waals surface area contributed by atoms with Crippen LogP contribution < -0.4 is 5.32 Å². The van der Waals surface area contributed by atoms with Crippen molar-refractivity contribution in [2.45, 2.75) is 26.3 Å². The average Bonchev–Trinajstić information content (AvgIpc) is 2.78. The van der Waals surface area contributed by atoms with E-state index in [2.05, 4.69) is 24.3 Å². The van der Waals surface area contributed by atoms with Gasteiger partial charge < -0.3 is 5.32 Å². The summed E-state index contributed by atoms with van der Waals surface area (Å²) in [5.41, 5.74) is 2.15. The minimum absolute atomic E-state index is 0.480. The van der Waals surface area contributed by atoms with E-state index in [0.29, 0.717) is 6.04 Å². The Labute approximate surface area is 96.1 Å². The molecule has 0 amide bonds. The van der Waals surface area contributed by atoms with Gasteiger partial charge in [-0.2, -0.15) is 5.10 Å². The van der Waals surface area contributed by atoms with Gasteiger partial charge in [0, 0.05) is 6.04 Å². The van der Waals surface area contributed by atoms with Crippen molar-refractivity contribution in [3.05, 3.63) is 42.7 Å². The fourth-order valence-corrected chi connectivity index (χ4v) is 1.51. The van der Waals surface area contributed by atoms with Gasteiger partial charge >= 0.3 is 0 Å². The Morgan fingerprint density at radius 2 is 2.06 bits per heavy atom. The van der Waals surface area contributed by atoms with Crippen LogP contribution in [0.25, 0.3) is 5.69 Å². The topological polar surface area (TPSA) is 29.9 Å². The third-order valence-corrected chi connectivity index (χ3v) is 2.63. The SMILES string of the molecule is CCC(C)Nc1cnn(-c2ccccc2)c1. The molecule has 2 rings (SSSR count). The van der Waals surface area contributed by atoms with Crippen molar-refractivity contribution in [1.82, 2.24) is 9.78 Å². The van der Waals surface area contributed by atoms with Gasteiger partial charge in [0.25, 0.3) is 0 Å². The number of anilines is 1. The van der Waals surface area contributed by atoms with Gasteiger partial charge in [0.1, 0.15) is 0 Å². The van der Waals surface area contributed by atoms with E-state index in [1.54, 1.807) is 0 Å². The Morgan fingerprint density at radius 3 is 2.75 bits per heavy atom. The van der Waals surface area contributed by atoms with Crippen molar-refractivity contribution in [2.24, 2.45) is 0 Å². The molecule has 0 bridgehead atoms. The summed E-state index contributed by atoms with van der Waals surface area (Å²) in [6.07, 6.45) is 4.98. The summed E-state index contributed by atoms with van der Waals surface area (Å²) in [4.78, 5) is 0. The van der Waals surface area contributed by atoms with Gasteiger partial charge in [-0.3, -0.25) is 0 Å². The third kappa shape index (κ3) is 2.42. The van der Waals surface area contributed by atoms with Crippen LogP contribution in [0, 0.1) is 0 Å². The molecule has 0 saturated heterocycles. The highest BCUT2D eigenvalue weighted by atomic mass is 15.3. The largest absolute Gasteiger partial charge is 0.380 e. The van der Waals surface area contributed by atoms with E-state index in [-0.39, 0.29) is 0 Å². The zero-order valence-electron chi connectivity index (χ0n) is 9.72. The Kier molecular flexibility index (Phi) is 3.25. The number of hydrogen-bond acceptors (Lipinski definition) is 2. The first-order chi connectivity index (χ1) is 7.79. The van der Waals surface area contributed by atoms with Crippen LogP contribution in [-0.2, 0) is 0 Å². The summed E-state index contributed by atoms with van der Waals surface area (Å²) in [7, 11) is 0. The molecule has 1 aromatic heterocycles. The minimum atomic E-state index is 0.480. The number of nitrogens with one attached hydrogen (secondary N) is 1. The molecule has 1 aromatic carbocycles. The predicted octanol–water partition coefficient (Wildman–Crippen LogP) is 3.08. The maximum absolute atomic E-state index is 4.33. The normalized spacial score (nSPS) is 12.4. The molecule has 0 fully saturated rings. The quantitative estimate of drug-likeness (QED) is 0.849. The van der Waals surface area contributed by atoms with Crippen molar-refractivity contribution in [3.63, 3.8) is 0 Å². The van der Waals surface area contributed by atoms with E-state index in [0.717, 1.165) is 17.8 Å². The summed E-state index contributed by atoms with van der Waals surface area (Å²) in [5.74, 6) is 0. The lowest BCUT2D eigenvalue weighted by molar-refractivity contribution is 0.764. The van der Waals surface area contributed by atoms with E-state index < -0.39 is 0 Å². The predicted molar refractivity (Wildman–Crippen MR) is 66.9 cm³/mol. The fraction of sp³-hybridized carbons (Fsp3) is 0.308. The van der Waals surface area contributed by atoms with Crippen molar-refractivity contribution < 1.29 is 0 Å². The average molecular weight is 215 g/mol. The number of rotatable bonds is 4.